The molecule has 2 aliphatic rings. The third-order valence-electron chi connectivity index (χ3n) is 7.00. The lowest BCUT2D eigenvalue weighted by atomic mass is 9.72. The maximum Gasteiger partial charge on any atom is 0.411 e. The second-order valence-corrected chi connectivity index (χ2v) is 11.4. The number of hydrogen-bond donors (Lipinski definition) is 1. The molecule has 2 aromatic carbocycles. The zero-order valence-corrected chi connectivity index (χ0v) is 21.1. The van der Waals surface area contributed by atoms with Crippen LogP contribution in [0.2, 0.25) is 0 Å². The molecule has 35 heavy (non-hydrogen) atoms. The Morgan fingerprint density at radius 1 is 1.03 bits per heavy atom. The van der Waals surface area contributed by atoms with Gasteiger partial charge >= 0.3 is 6.09 Å². The van der Waals surface area contributed by atoms with Crippen LogP contribution in [-0.2, 0) is 28.3 Å². The molecule has 0 saturated heterocycles. The molecule has 1 aliphatic heterocycles. The molecule has 8 heteroatoms. The number of benzene rings is 2. The van der Waals surface area contributed by atoms with E-state index in [1.54, 1.807) is 11.2 Å². The number of rotatable bonds is 2. The summed E-state index contributed by atoms with van der Waals surface area (Å²) < 4.78 is 7.56. The zero-order chi connectivity index (χ0) is 24.8. The average molecular weight is 495 g/mol. The molecule has 1 saturated carbocycles. The predicted octanol–water partition coefficient (Wildman–Crippen LogP) is 5.41. The summed E-state index contributed by atoms with van der Waals surface area (Å²) in [5.41, 5.74) is 2.35. The first-order valence-electron chi connectivity index (χ1n) is 12.0. The van der Waals surface area contributed by atoms with Crippen molar-refractivity contribution in [1.29, 1.82) is 0 Å². The number of carbonyl (C=O) groups excluding carboxylic acids is 1. The molecule has 184 valence electrons. The molecule has 1 fully saturated rings. The minimum Gasteiger partial charge on any atom is -0.444 e. The molecule has 1 amide bonds. The minimum atomic E-state index is -0.865. The first-order valence-corrected chi connectivity index (χ1v) is 12.4. The van der Waals surface area contributed by atoms with Gasteiger partial charge in [-0.2, -0.15) is 0 Å². The van der Waals surface area contributed by atoms with Crippen molar-refractivity contribution in [3.63, 3.8) is 0 Å². The summed E-state index contributed by atoms with van der Waals surface area (Å²) in [6, 6.07) is 16.0. The van der Waals surface area contributed by atoms with Crippen molar-refractivity contribution in [2.24, 2.45) is 0 Å². The first kappa shape index (κ1) is 23.8. The lowest BCUT2D eigenvalue weighted by Crippen LogP contribution is -2.37. The van der Waals surface area contributed by atoms with Gasteiger partial charge in [0.05, 0.1) is 29.3 Å². The van der Waals surface area contributed by atoms with Gasteiger partial charge in [-0.3, -0.25) is 9.47 Å². The molecule has 0 bridgehead atoms. The summed E-state index contributed by atoms with van der Waals surface area (Å²) in [4.78, 5) is 14.0. The van der Waals surface area contributed by atoms with Crippen LogP contribution in [0.5, 0.6) is 0 Å². The fraction of sp³-hybridized carbons (Fsp3) is 0.444. The van der Waals surface area contributed by atoms with E-state index >= 15 is 0 Å². The lowest BCUT2D eigenvalue weighted by Gasteiger charge is -2.41. The number of aromatic nitrogens is 3. The van der Waals surface area contributed by atoms with E-state index in [1.165, 1.54) is 0 Å². The van der Waals surface area contributed by atoms with Crippen LogP contribution >= 0.6 is 11.6 Å². The van der Waals surface area contributed by atoms with E-state index in [9.17, 15) is 9.90 Å². The quantitative estimate of drug-likeness (QED) is 0.481. The summed E-state index contributed by atoms with van der Waals surface area (Å²) >= 11 is 7.22. The van der Waals surface area contributed by atoms with Crippen LogP contribution < -0.4 is 0 Å². The normalized spacial score (nSPS) is 24.3. The van der Waals surface area contributed by atoms with Crippen molar-refractivity contribution in [2.45, 2.75) is 75.6 Å². The van der Waals surface area contributed by atoms with Crippen LogP contribution in [-0.4, -0.2) is 36.5 Å². The number of fused-ring (bicyclic) bond motifs is 3. The standard InChI is InChI=1S/C27H31ClN4O3/c1-25(2,3)35-24(33)31-16-19-15-21(9-10-22(19)32-18-29-30-23(32)17-31)26(28)11-13-27(34,14-12-26)20-7-5-4-6-8-20/h4-10,15,18,34H,11-14,16-17H2,1-3H3. The van der Waals surface area contributed by atoms with Crippen LogP contribution in [0.1, 0.15) is 69.0 Å². The fourth-order valence-corrected chi connectivity index (χ4v) is 5.37. The Bertz CT molecular complexity index is 1230. The van der Waals surface area contributed by atoms with Gasteiger partial charge in [0.2, 0.25) is 0 Å². The molecule has 5 rings (SSSR count). The second-order valence-electron chi connectivity index (χ2n) is 10.7. The molecule has 2 heterocycles. The van der Waals surface area contributed by atoms with Gasteiger partial charge in [0.25, 0.3) is 0 Å². The van der Waals surface area contributed by atoms with Crippen molar-refractivity contribution in [3.8, 4) is 5.69 Å². The Kier molecular flexibility index (Phi) is 5.88. The first-order chi connectivity index (χ1) is 16.6. The maximum atomic E-state index is 13.0. The number of alkyl halides is 1. The topological polar surface area (TPSA) is 80.5 Å². The number of amides is 1. The van der Waals surface area contributed by atoms with Crippen LogP contribution in [0.3, 0.4) is 0 Å². The van der Waals surface area contributed by atoms with Crippen LogP contribution in [0, 0.1) is 0 Å². The van der Waals surface area contributed by atoms with Gasteiger partial charge in [-0.15, -0.1) is 21.8 Å². The van der Waals surface area contributed by atoms with Crippen molar-refractivity contribution in [2.75, 3.05) is 0 Å². The van der Waals surface area contributed by atoms with E-state index in [2.05, 4.69) is 16.3 Å². The van der Waals surface area contributed by atoms with Crippen molar-refractivity contribution in [1.82, 2.24) is 19.7 Å². The molecule has 0 atom stereocenters. The molecule has 1 aromatic heterocycles. The Hall–Kier alpha value is -2.90. The lowest BCUT2D eigenvalue weighted by molar-refractivity contribution is -0.0105. The highest BCUT2D eigenvalue weighted by Crippen LogP contribution is 2.50. The van der Waals surface area contributed by atoms with Gasteiger partial charge < -0.3 is 9.84 Å². The van der Waals surface area contributed by atoms with E-state index in [4.69, 9.17) is 16.3 Å². The van der Waals surface area contributed by atoms with Crippen molar-refractivity contribution in [3.05, 3.63) is 77.4 Å². The number of hydrogen-bond acceptors (Lipinski definition) is 5. The molecule has 0 unspecified atom stereocenters. The van der Waals surface area contributed by atoms with Crippen LogP contribution in [0.25, 0.3) is 5.69 Å². The highest BCUT2D eigenvalue weighted by Gasteiger charge is 2.43. The SMILES string of the molecule is CC(C)(C)OC(=O)N1Cc2cc(C3(Cl)CCC(O)(c4ccccc4)CC3)ccc2-n2cnnc2C1. The van der Waals surface area contributed by atoms with E-state index in [1.807, 2.05) is 67.8 Å². The highest BCUT2D eigenvalue weighted by atomic mass is 35.5. The largest absolute Gasteiger partial charge is 0.444 e. The number of carbonyl (C=O) groups is 1. The Morgan fingerprint density at radius 3 is 2.43 bits per heavy atom. The van der Waals surface area contributed by atoms with Gasteiger partial charge in [-0.05, 0) is 69.2 Å². The molecule has 1 N–H and O–H groups in total. The Morgan fingerprint density at radius 2 is 1.74 bits per heavy atom. The van der Waals surface area contributed by atoms with Gasteiger partial charge in [-0.25, -0.2) is 4.79 Å². The second kappa shape index (κ2) is 8.64. The van der Waals surface area contributed by atoms with E-state index in [0.717, 1.165) is 22.4 Å². The van der Waals surface area contributed by atoms with Crippen LogP contribution in [0.15, 0.2) is 54.9 Å². The van der Waals surface area contributed by atoms with Crippen molar-refractivity contribution >= 4 is 17.7 Å². The van der Waals surface area contributed by atoms with Gasteiger partial charge in [0.15, 0.2) is 5.82 Å². The Balaban J connectivity index is 1.44. The molecular weight excluding hydrogens is 464 g/mol. The van der Waals surface area contributed by atoms with E-state index in [-0.39, 0.29) is 0 Å². The highest BCUT2D eigenvalue weighted by molar-refractivity contribution is 6.24. The van der Waals surface area contributed by atoms with Crippen molar-refractivity contribution < 1.29 is 14.6 Å². The molecule has 1 aliphatic carbocycles. The third kappa shape index (κ3) is 4.67. The summed E-state index contributed by atoms with van der Waals surface area (Å²) in [6.45, 7) is 6.24. The number of nitrogens with zero attached hydrogens (tertiary/aromatic N) is 4. The number of aliphatic hydroxyl groups is 1. The molecule has 0 radical (unpaired) electrons. The number of halogens is 1. The number of ether oxygens (including phenoxy) is 1. The van der Waals surface area contributed by atoms with Gasteiger partial charge in [-0.1, -0.05) is 42.5 Å². The summed E-state index contributed by atoms with van der Waals surface area (Å²) in [5, 5.41) is 19.6. The Labute approximate surface area is 210 Å². The minimum absolute atomic E-state index is 0.301. The molecule has 3 aromatic rings. The van der Waals surface area contributed by atoms with E-state index < -0.39 is 22.2 Å². The zero-order valence-electron chi connectivity index (χ0n) is 20.4. The molecular formula is C27H31ClN4O3. The van der Waals surface area contributed by atoms with E-state index in [0.29, 0.717) is 44.6 Å². The maximum absolute atomic E-state index is 13.0. The fourth-order valence-electron chi connectivity index (χ4n) is 5.07. The van der Waals surface area contributed by atoms with Gasteiger partial charge in [0, 0.05) is 0 Å². The summed E-state index contributed by atoms with van der Waals surface area (Å²) in [5.74, 6) is 0.675. The predicted molar refractivity (Wildman–Crippen MR) is 133 cm³/mol. The average Bonchev–Trinajstić information content (AvgIpc) is 3.22. The monoisotopic (exact) mass is 494 g/mol. The smallest absolute Gasteiger partial charge is 0.411 e. The van der Waals surface area contributed by atoms with Crippen LogP contribution in [0.4, 0.5) is 4.79 Å². The summed E-state index contributed by atoms with van der Waals surface area (Å²) in [6.07, 6.45) is 3.73. The molecule has 7 nitrogen and oxygen atoms in total. The third-order valence-corrected chi connectivity index (χ3v) is 7.60. The van der Waals surface area contributed by atoms with Gasteiger partial charge in [0.1, 0.15) is 11.9 Å². The summed E-state index contributed by atoms with van der Waals surface area (Å²) in [7, 11) is 0. The molecule has 0 spiro atoms.